The smallest absolute Gasteiger partial charge is 0.311 e. The number of hydrogen-bond acceptors (Lipinski definition) is 14. The lowest BCUT2D eigenvalue weighted by Crippen LogP contribution is -2.60. The van der Waals surface area contributed by atoms with E-state index < -0.39 is 102 Å². The highest BCUT2D eigenvalue weighted by Crippen LogP contribution is 2.40. The van der Waals surface area contributed by atoms with Gasteiger partial charge in [0.15, 0.2) is 12.6 Å². The number of hydrogen-bond donors (Lipinski definition) is 6. The van der Waals surface area contributed by atoms with Crippen molar-refractivity contribution in [1.29, 1.82) is 0 Å². The zero-order valence-electron chi connectivity index (χ0n) is 32.3. The van der Waals surface area contributed by atoms with Gasteiger partial charge in [0.05, 0.1) is 41.5 Å². The van der Waals surface area contributed by atoms with Gasteiger partial charge >= 0.3 is 5.97 Å². The van der Waals surface area contributed by atoms with Crippen molar-refractivity contribution in [3.05, 3.63) is 0 Å². The van der Waals surface area contributed by atoms with E-state index in [1.807, 2.05) is 25.8 Å². The Morgan fingerprint density at radius 2 is 1.58 bits per heavy atom. The van der Waals surface area contributed by atoms with Gasteiger partial charge in [0.2, 0.25) is 0 Å². The van der Waals surface area contributed by atoms with Gasteiger partial charge in [-0.2, -0.15) is 0 Å². The normalized spacial score (nSPS) is 51.0. The van der Waals surface area contributed by atoms with Gasteiger partial charge in [-0.3, -0.25) is 4.79 Å². The SMILES string of the molecule is CCC1OC(=O)[C@H](C)[C@@H](O[C@H]2C[C@@](C)(OC)[C@@H](O)[C@H](C)O2)[C@H](C)[C@@H](O[C@@H]2O[C@H](C)C[C@H](N)[C@H]2O)[C@](C)(O)C[C@@H](C)CN(C)[C@H](C)[C@@H](O)[C@]1(C)O. The van der Waals surface area contributed by atoms with Gasteiger partial charge in [-0.25, -0.2) is 0 Å². The second-order valence-electron chi connectivity index (χ2n) is 16.3. The number of aliphatic hydroxyl groups excluding tert-OH is 3. The monoisotopic (exact) mass is 720 g/mol. The first kappa shape index (κ1) is 43.4. The second-order valence-corrected chi connectivity index (χ2v) is 16.3. The molecule has 0 bridgehead atoms. The fraction of sp³-hybridized carbons (Fsp3) is 0.972. The molecule has 0 amide bonds. The van der Waals surface area contributed by atoms with Crippen LogP contribution in [0.4, 0.5) is 0 Å². The highest BCUT2D eigenvalue weighted by molar-refractivity contribution is 5.73. The minimum Gasteiger partial charge on any atom is -0.459 e. The molecule has 14 nitrogen and oxygen atoms in total. The summed E-state index contributed by atoms with van der Waals surface area (Å²) in [5, 5.41) is 57.4. The number of methoxy groups -OCH3 is 1. The summed E-state index contributed by atoms with van der Waals surface area (Å²) < 4.78 is 37.0. The van der Waals surface area contributed by atoms with Crippen molar-refractivity contribution < 1.29 is 58.7 Å². The molecule has 3 fully saturated rings. The first-order valence-corrected chi connectivity index (χ1v) is 18.3. The fourth-order valence-electron chi connectivity index (χ4n) is 8.28. The third kappa shape index (κ3) is 9.55. The van der Waals surface area contributed by atoms with Crippen LogP contribution in [0.25, 0.3) is 0 Å². The summed E-state index contributed by atoms with van der Waals surface area (Å²) in [6, 6.07) is -1.17. The molecule has 0 aromatic rings. The largest absolute Gasteiger partial charge is 0.459 e. The van der Waals surface area contributed by atoms with Crippen molar-refractivity contribution in [1.82, 2.24) is 4.90 Å². The third-order valence-corrected chi connectivity index (χ3v) is 11.6. The van der Waals surface area contributed by atoms with Gasteiger partial charge < -0.3 is 64.6 Å². The molecule has 3 heterocycles. The molecule has 3 aliphatic rings. The zero-order valence-corrected chi connectivity index (χ0v) is 32.3. The number of likely N-dealkylation sites (N-methyl/N-ethyl adjacent to an activating group) is 1. The summed E-state index contributed by atoms with van der Waals surface area (Å²) in [5.74, 6) is -2.64. The van der Waals surface area contributed by atoms with Crippen LogP contribution in [0.5, 0.6) is 0 Å². The standard InChI is InChI=1S/C36H68N2O12/c1-13-25-36(10,44)29(40)22(6)38(11)17-18(2)15-34(8,43)31(50-33-27(39)24(37)14-19(3)46-33)20(4)28(21(5)32(42)48-25)49-26-16-35(9,45-12)30(41)23(7)47-26/h18-31,33,39-41,43-44H,13-17,37H2,1-12H3/t18-,19-,20+,21-,22-,23+,24+,25?,26+,27-,28+,29-,30+,31-,33+,34-,35-,36-/m1/s1. The average Bonchev–Trinajstić information content (AvgIpc) is 3.03. The lowest BCUT2D eigenvalue weighted by Gasteiger charge is -2.48. The molecule has 0 saturated carbocycles. The number of carbonyl (C=O) groups excluding carboxylic acids is 1. The molecule has 1 unspecified atom stereocenters. The molecule has 0 aliphatic carbocycles. The number of rotatable bonds is 6. The van der Waals surface area contributed by atoms with Crippen LogP contribution in [0.15, 0.2) is 0 Å². The van der Waals surface area contributed by atoms with Gasteiger partial charge in [0.25, 0.3) is 0 Å². The van der Waals surface area contributed by atoms with Crippen LogP contribution >= 0.6 is 0 Å². The molecule has 3 rings (SSSR count). The Labute approximate surface area is 298 Å². The maximum absolute atomic E-state index is 14.1. The topological polar surface area (TPSA) is 203 Å². The summed E-state index contributed by atoms with van der Waals surface area (Å²) in [6.07, 6.45) is -8.74. The van der Waals surface area contributed by atoms with E-state index in [1.54, 1.807) is 48.5 Å². The summed E-state index contributed by atoms with van der Waals surface area (Å²) in [5.41, 5.74) is 1.86. The number of esters is 1. The van der Waals surface area contributed by atoms with E-state index in [9.17, 15) is 30.3 Å². The van der Waals surface area contributed by atoms with E-state index in [4.69, 9.17) is 34.2 Å². The van der Waals surface area contributed by atoms with Gasteiger partial charge in [-0.15, -0.1) is 0 Å². The molecule has 0 aromatic heterocycles. The average molecular weight is 721 g/mol. The maximum Gasteiger partial charge on any atom is 0.311 e. The summed E-state index contributed by atoms with van der Waals surface area (Å²) in [7, 11) is 3.32. The molecule has 3 aliphatic heterocycles. The van der Waals surface area contributed by atoms with E-state index in [0.29, 0.717) is 13.0 Å². The van der Waals surface area contributed by atoms with Crippen LogP contribution < -0.4 is 5.73 Å². The van der Waals surface area contributed by atoms with Crippen molar-refractivity contribution in [2.24, 2.45) is 23.5 Å². The minimum absolute atomic E-state index is 0.123. The number of carbonyl (C=O) groups is 1. The lowest BCUT2D eigenvalue weighted by atomic mass is 9.77. The van der Waals surface area contributed by atoms with E-state index in [-0.39, 0.29) is 31.3 Å². The van der Waals surface area contributed by atoms with Crippen molar-refractivity contribution in [3.63, 3.8) is 0 Å². The summed E-state index contributed by atoms with van der Waals surface area (Å²) in [4.78, 5) is 16.0. The van der Waals surface area contributed by atoms with Crippen molar-refractivity contribution >= 4 is 5.97 Å². The molecule has 294 valence electrons. The van der Waals surface area contributed by atoms with Crippen molar-refractivity contribution in [2.75, 3.05) is 20.7 Å². The molecule has 7 N–H and O–H groups in total. The number of cyclic esters (lactones) is 1. The first-order valence-electron chi connectivity index (χ1n) is 18.3. The van der Waals surface area contributed by atoms with Crippen LogP contribution in [-0.2, 0) is 33.2 Å². The Hall–Kier alpha value is -1.01. The quantitative estimate of drug-likeness (QED) is 0.214. The zero-order chi connectivity index (χ0) is 38.1. The van der Waals surface area contributed by atoms with Crippen LogP contribution in [0, 0.1) is 17.8 Å². The number of aliphatic hydroxyl groups is 5. The van der Waals surface area contributed by atoms with E-state index in [2.05, 4.69) is 0 Å². The molecular formula is C36H68N2O12. The molecule has 0 aromatic carbocycles. The van der Waals surface area contributed by atoms with Crippen LogP contribution in [0.2, 0.25) is 0 Å². The minimum atomic E-state index is -1.80. The molecule has 3 saturated heterocycles. The van der Waals surface area contributed by atoms with Crippen molar-refractivity contribution in [3.8, 4) is 0 Å². The Morgan fingerprint density at radius 1 is 0.960 bits per heavy atom. The second kappa shape index (κ2) is 17.0. The summed E-state index contributed by atoms with van der Waals surface area (Å²) in [6.45, 7) is 17.8. The molecular weight excluding hydrogens is 652 g/mol. The third-order valence-electron chi connectivity index (χ3n) is 11.6. The fourth-order valence-corrected chi connectivity index (χ4v) is 8.28. The highest BCUT2D eigenvalue weighted by atomic mass is 16.7. The first-order chi connectivity index (χ1) is 23.0. The van der Waals surface area contributed by atoms with E-state index in [1.165, 1.54) is 14.0 Å². The van der Waals surface area contributed by atoms with Crippen LogP contribution in [-0.4, -0.2) is 147 Å². The van der Waals surface area contributed by atoms with Crippen LogP contribution in [0.3, 0.4) is 0 Å². The Bertz CT molecular complexity index is 1100. The maximum atomic E-state index is 14.1. The molecule has 18 atom stereocenters. The highest BCUT2D eigenvalue weighted by Gasteiger charge is 2.52. The number of nitrogens with two attached hydrogens (primary N) is 1. The molecule has 14 heteroatoms. The molecule has 0 spiro atoms. The molecule has 50 heavy (non-hydrogen) atoms. The predicted octanol–water partition coefficient (Wildman–Crippen LogP) is 1.30. The lowest BCUT2D eigenvalue weighted by molar-refractivity contribution is -0.315. The van der Waals surface area contributed by atoms with Crippen molar-refractivity contribution in [2.45, 2.75) is 185 Å². The Balaban J connectivity index is 2.16. The van der Waals surface area contributed by atoms with Crippen LogP contribution in [0.1, 0.15) is 94.9 Å². The van der Waals surface area contributed by atoms with Gasteiger partial charge in [0, 0.05) is 38.1 Å². The summed E-state index contributed by atoms with van der Waals surface area (Å²) >= 11 is 0. The van der Waals surface area contributed by atoms with E-state index >= 15 is 0 Å². The Morgan fingerprint density at radius 3 is 2.16 bits per heavy atom. The van der Waals surface area contributed by atoms with E-state index in [0.717, 1.165) is 0 Å². The predicted molar refractivity (Wildman–Crippen MR) is 185 cm³/mol. The molecule has 0 radical (unpaired) electrons. The van der Waals surface area contributed by atoms with Gasteiger partial charge in [-0.05, 0) is 80.7 Å². The Kier molecular flexibility index (Phi) is 14.7. The van der Waals surface area contributed by atoms with Gasteiger partial charge in [-0.1, -0.05) is 20.8 Å². The number of ether oxygens (including phenoxy) is 6. The number of nitrogens with zero attached hydrogens (tertiary/aromatic N) is 1. The van der Waals surface area contributed by atoms with Gasteiger partial charge in [0.1, 0.15) is 30.0 Å².